The average Bonchev–Trinajstić information content (AvgIpc) is 3.83. The lowest BCUT2D eigenvalue weighted by atomic mass is 9.97. The molecule has 2 aromatic heterocycles. The molecule has 53 heavy (non-hydrogen) atoms. The van der Waals surface area contributed by atoms with Crippen LogP contribution in [0.15, 0.2) is 61.4 Å². The first-order chi connectivity index (χ1) is 25.2. The second-order valence-electron chi connectivity index (χ2n) is 12.8. The van der Waals surface area contributed by atoms with E-state index in [1.165, 1.54) is 30.6 Å². The standard InChI is InChI=1S/C36H36F3N9O5/c1-23-7-11-27(15-28(23)33(52)46(22-50)30(6-5-13-49)32(51)40-4)45-17-25(18-45)9-8-24-16-42-48(19-24)35(2,3)34(53)44-29-12-10-26(36(37,38)39)14-31(29)47-21-41-20-43-47/h7,10-16,19-22,25,30H,5-6,17-18H2,1-4H3,(H,40,51)(H,44,53). The van der Waals surface area contributed by atoms with E-state index in [4.69, 9.17) is 0 Å². The first-order valence-corrected chi connectivity index (χ1v) is 16.4. The molecule has 276 valence electrons. The van der Waals surface area contributed by atoms with Gasteiger partial charge < -0.3 is 20.3 Å². The lowest BCUT2D eigenvalue weighted by Crippen LogP contribution is -2.48. The second kappa shape index (κ2) is 15.5. The molecule has 1 atom stereocenters. The number of amides is 4. The number of hydrogen-bond donors (Lipinski definition) is 2. The van der Waals surface area contributed by atoms with Crippen molar-refractivity contribution in [2.24, 2.45) is 5.92 Å². The van der Waals surface area contributed by atoms with Gasteiger partial charge in [0.05, 0.1) is 34.6 Å². The van der Waals surface area contributed by atoms with E-state index in [-0.39, 0.29) is 35.7 Å². The molecular weight excluding hydrogens is 695 g/mol. The molecule has 1 aliphatic rings. The maximum Gasteiger partial charge on any atom is 0.416 e. The molecule has 4 aromatic rings. The molecule has 0 radical (unpaired) electrons. The number of aromatic nitrogens is 5. The first-order valence-electron chi connectivity index (χ1n) is 16.4. The molecule has 0 saturated carbocycles. The van der Waals surface area contributed by atoms with Crippen molar-refractivity contribution < 1.29 is 37.1 Å². The Hall–Kier alpha value is -6.31. The van der Waals surface area contributed by atoms with Gasteiger partial charge in [-0.3, -0.25) is 28.8 Å². The molecule has 2 aromatic carbocycles. The molecule has 1 unspecified atom stereocenters. The monoisotopic (exact) mass is 731 g/mol. The Balaban J connectivity index is 1.24. The Labute approximate surface area is 302 Å². The third kappa shape index (κ3) is 8.27. The van der Waals surface area contributed by atoms with Crippen LogP contribution in [0.25, 0.3) is 5.69 Å². The zero-order chi connectivity index (χ0) is 38.5. The number of aryl methyl sites for hydroxylation is 1. The number of aldehydes is 1. The number of hydrogen-bond acceptors (Lipinski definition) is 9. The molecule has 5 rings (SSSR count). The summed E-state index contributed by atoms with van der Waals surface area (Å²) in [5.41, 5.74) is 0.0215. The first kappa shape index (κ1) is 37.9. The average molecular weight is 732 g/mol. The maximum absolute atomic E-state index is 13.5. The highest BCUT2D eigenvalue weighted by molar-refractivity contribution is 6.04. The van der Waals surface area contributed by atoms with Crippen molar-refractivity contribution in [1.29, 1.82) is 0 Å². The van der Waals surface area contributed by atoms with Crippen LogP contribution >= 0.6 is 0 Å². The Kier molecular flexibility index (Phi) is 11.1. The smallest absolute Gasteiger partial charge is 0.369 e. The Morgan fingerprint density at radius 1 is 1.09 bits per heavy atom. The lowest BCUT2D eigenvalue weighted by molar-refractivity contribution is -0.137. The van der Waals surface area contributed by atoms with Crippen LogP contribution in [0.5, 0.6) is 0 Å². The van der Waals surface area contributed by atoms with Gasteiger partial charge in [-0.05, 0) is 63.1 Å². The summed E-state index contributed by atoms with van der Waals surface area (Å²) < 4.78 is 42.8. The molecular formula is C36H36F3N9O5. The zero-order valence-electron chi connectivity index (χ0n) is 29.2. The summed E-state index contributed by atoms with van der Waals surface area (Å²) in [5.74, 6) is 4.48. The summed E-state index contributed by atoms with van der Waals surface area (Å²) >= 11 is 0. The normalized spacial score (nSPS) is 13.6. The van der Waals surface area contributed by atoms with Gasteiger partial charge in [0, 0.05) is 44.0 Å². The molecule has 0 spiro atoms. The molecule has 2 N–H and O–H groups in total. The second-order valence-corrected chi connectivity index (χ2v) is 12.8. The molecule has 0 bridgehead atoms. The fourth-order valence-electron chi connectivity index (χ4n) is 5.60. The lowest BCUT2D eigenvalue weighted by Gasteiger charge is -2.38. The van der Waals surface area contributed by atoms with Crippen LogP contribution in [0.1, 0.15) is 53.7 Å². The highest BCUT2D eigenvalue weighted by Crippen LogP contribution is 2.34. The van der Waals surface area contributed by atoms with Crippen LogP contribution in [0, 0.1) is 24.7 Å². The van der Waals surface area contributed by atoms with E-state index < -0.39 is 41.0 Å². The van der Waals surface area contributed by atoms with Crippen molar-refractivity contribution in [2.75, 3.05) is 30.4 Å². The predicted octanol–water partition coefficient (Wildman–Crippen LogP) is 3.35. The molecule has 1 aliphatic heterocycles. The summed E-state index contributed by atoms with van der Waals surface area (Å²) in [6.07, 6.45) is 1.82. The molecule has 1 saturated heterocycles. The van der Waals surface area contributed by atoms with Crippen LogP contribution in [0.4, 0.5) is 24.5 Å². The number of carbonyl (C=O) groups excluding carboxylic acids is 5. The molecule has 14 nitrogen and oxygen atoms in total. The van der Waals surface area contributed by atoms with E-state index >= 15 is 0 Å². The van der Waals surface area contributed by atoms with E-state index in [0.29, 0.717) is 36.9 Å². The molecule has 4 amide bonds. The Bertz CT molecular complexity index is 2080. The summed E-state index contributed by atoms with van der Waals surface area (Å²) in [6.45, 7) is 6.03. The van der Waals surface area contributed by atoms with E-state index in [9.17, 15) is 37.1 Å². The van der Waals surface area contributed by atoms with Crippen molar-refractivity contribution in [3.05, 3.63) is 83.7 Å². The number of alkyl halides is 3. The minimum absolute atomic E-state index is 0.00287. The summed E-state index contributed by atoms with van der Waals surface area (Å²) in [4.78, 5) is 68.9. The van der Waals surface area contributed by atoms with Gasteiger partial charge in [0.2, 0.25) is 12.3 Å². The quantitative estimate of drug-likeness (QED) is 0.164. The number of imide groups is 1. The SMILES string of the molecule is CNC(=O)C(CCC=O)N(C=O)C(=O)c1cc(N2CC(C#Cc3cnn(C(C)(C)C(=O)Nc4ccc(C(F)(F)F)cc4-n4cncn4)c3)C2)ccc1C. The molecule has 3 heterocycles. The number of carbonyl (C=O) groups is 5. The summed E-state index contributed by atoms with van der Waals surface area (Å²) in [7, 11) is 1.39. The van der Waals surface area contributed by atoms with E-state index in [1.54, 1.807) is 39.1 Å². The van der Waals surface area contributed by atoms with E-state index in [0.717, 1.165) is 33.5 Å². The Morgan fingerprint density at radius 2 is 1.85 bits per heavy atom. The molecule has 1 fully saturated rings. The highest BCUT2D eigenvalue weighted by Gasteiger charge is 2.35. The zero-order valence-corrected chi connectivity index (χ0v) is 29.2. The minimum Gasteiger partial charge on any atom is -0.369 e. The fourth-order valence-corrected chi connectivity index (χ4v) is 5.60. The number of halogens is 3. The van der Waals surface area contributed by atoms with Crippen molar-refractivity contribution in [2.45, 2.75) is 51.4 Å². The van der Waals surface area contributed by atoms with Crippen LogP contribution in [-0.2, 0) is 30.9 Å². The van der Waals surface area contributed by atoms with Gasteiger partial charge in [-0.15, -0.1) is 0 Å². The maximum atomic E-state index is 13.5. The number of anilines is 2. The van der Waals surface area contributed by atoms with Crippen molar-refractivity contribution in [3.63, 3.8) is 0 Å². The van der Waals surface area contributed by atoms with Crippen LogP contribution < -0.4 is 15.5 Å². The third-order valence-corrected chi connectivity index (χ3v) is 8.86. The van der Waals surface area contributed by atoms with Gasteiger partial charge in [-0.1, -0.05) is 17.9 Å². The van der Waals surface area contributed by atoms with Gasteiger partial charge in [-0.2, -0.15) is 23.4 Å². The fraction of sp³-hybridized carbons (Fsp3) is 0.333. The van der Waals surface area contributed by atoms with Crippen molar-refractivity contribution in [3.8, 4) is 17.5 Å². The number of benzene rings is 2. The van der Waals surface area contributed by atoms with Crippen LogP contribution in [0.3, 0.4) is 0 Å². The van der Waals surface area contributed by atoms with Gasteiger partial charge >= 0.3 is 6.18 Å². The summed E-state index contributed by atoms with van der Waals surface area (Å²) in [6, 6.07) is 7.03. The van der Waals surface area contributed by atoms with Gasteiger partial charge in [0.25, 0.3) is 11.8 Å². The highest BCUT2D eigenvalue weighted by atomic mass is 19.4. The number of nitrogens with one attached hydrogen (secondary N) is 2. The van der Waals surface area contributed by atoms with Crippen LogP contribution in [-0.4, -0.2) is 86.0 Å². The predicted molar refractivity (Wildman–Crippen MR) is 186 cm³/mol. The van der Waals surface area contributed by atoms with E-state index in [2.05, 4.69) is 37.7 Å². The number of nitrogens with zero attached hydrogens (tertiary/aromatic N) is 7. The molecule has 17 heteroatoms. The largest absolute Gasteiger partial charge is 0.416 e. The number of rotatable bonds is 12. The van der Waals surface area contributed by atoms with Gasteiger partial charge in [-0.25, -0.2) is 9.67 Å². The molecule has 0 aliphatic carbocycles. The van der Waals surface area contributed by atoms with Crippen molar-refractivity contribution >= 4 is 41.8 Å². The minimum atomic E-state index is -4.61. The van der Waals surface area contributed by atoms with Crippen molar-refractivity contribution in [1.82, 2.24) is 34.8 Å². The third-order valence-electron chi connectivity index (χ3n) is 8.86. The van der Waals surface area contributed by atoms with Gasteiger partial charge in [0.1, 0.15) is 30.5 Å². The Morgan fingerprint density at radius 3 is 2.49 bits per heavy atom. The summed E-state index contributed by atoms with van der Waals surface area (Å²) in [5, 5.41) is 13.4. The van der Waals surface area contributed by atoms with Gasteiger partial charge in [0.15, 0.2) is 0 Å². The van der Waals surface area contributed by atoms with E-state index in [1.807, 2.05) is 11.0 Å². The van der Waals surface area contributed by atoms with Crippen LogP contribution in [0.2, 0.25) is 0 Å². The topological polar surface area (TPSA) is 164 Å². The number of likely N-dealkylation sites (N-methyl/N-ethyl adjacent to an activating group) is 1.